The molecule has 104 valence electrons. The first-order valence-electron chi connectivity index (χ1n) is 7.14. The molecule has 0 radical (unpaired) electrons. The first kappa shape index (κ1) is 14.1. The molecule has 3 saturated carbocycles. The molecule has 2 N–H and O–H groups in total. The van der Waals surface area contributed by atoms with Crippen molar-refractivity contribution in [1.29, 1.82) is 0 Å². The van der Waals surface area contributed by atoms with Crippen LogP contribution >= 0.6 is 12.4 Å². The molecule has 0 saturated heterocycles. The molecule has 1 amide bonds. The van der Waals surface area contributed by atoms with Gasteiger partial charge in [0.15, 0.2) is 0 Å². The SMILES string of the molecule is CN(C(=O)CN)C12CCCC(C1)C1CCC2C1.Cl. The Morgan fingerprint density at radius 1 is 1.33 bits per heavy atom. The van der Waals surface area contributed by atoms with Crippen molar-refractivity contribution in [3.63, 3.8) is 0 Å². The van der Waals surface area contributed by atoms with Crippen molar-refractivity contribution in [3.05, 3.63) is 0 Å². The molecule has 3 aliphatic carbocycles. The van der Waals surface area contributed by atoms with Crippen LogP contribution in [0.1, 0.15) is 44.9 Å². The first-order chi connectivity index (χ1) is 8.17. The van der Waals surface area contributed by atoms with E-state index >= 15 is 0 Å². The summed E-state index contributed by atoms with van der Waals surface area (Å²) in [6.45, 7) is 0.166. The molecule has 0 aromatic carbocycles. The Bertz CT molecular complexity index is 336. The Kier molecular flexibility index (Phi) is 3.93. The van der Waals surface area contributed by atoms with Gasteiger partial charge in [0.2, 0.25) is 5.91 Å². The molecule has 4 atom stereocenters. The maximum atomic E-state index is 12.0. The van der Waals surface area contributed by atoms with Gasteiger partial charge < -0.3 is 10.6 Å². The quantitative estimate of drug-likeness (QED) is 0.838. The molecule has 4 bridgehead atoms. The number of hydrogen-bond acceptors (Lipinski definition) is 2. The van der Waals surface area contributed by atoms with Crippen LogP contribution in [0.25, 0.3) is 0 Å². The highest BCUT2D eigenvalue weighted by Gasteiger charge is 2.55. The molecule has 3 aliphatic rings. The Morgan fingerprint density at radius 3 is 2.83 bits per heavy atom. The average molecular weight is 273 g/mol. The Labute approximate surface area is 116 Å². The van der Waals surface area contributed by atoms with Gasteiger partial charge in [-0.2, -0.15) is 0 Å². The molecular formula is C14H25ClN2O. The van der Waals surface area contributed by atoms with E-state index < -0.39 is 0 Å². The summed E-state index contributed by atoms with van der Waals surface area (Å²) in [4.78, 5) is 14.0. The zero-order chi connectivity index (χ0) is 12.0. The lowest BCUT2D eigenvalue weighted by Gasteiger charge is -2.54. The first-order valence-corrected chi connectivity index (χ1v) is 7.14. The van der Waals surface area contributed by atoms with Gasteiger partial charge >= 0.3 is 0 Å². The second-order valence-electron chi connectivity index (χ2n) is 6.39. The van der Waals surface area contributed by atoms with E-state index in [1.54, 1.807) is 0 Å². The lowest BCUT2D eigenvalue weighted by Crippen LogP contribution is -2.59. The number of halogens is 1. The number of amides is 1. The highest BCUT2D eigenvalue weighted by atomic mass is 35.5. The van der Waals surface area contributed by atoms with E-state index in [1.807, 2.05) is 11.9 Å². The van der Waals surface area contributed by atoms with Crippen molar-refractivity contribution in [2.24, 2.45) is 23.5 Å². The van der Waals surface area contributed by atoms with Crippen molar-refractivity contribution in [2.75, 3.05) is 13.6 Å². The van der Waals surface area contributed by atoms with Crippen LogP contribution in [0, 0.1) is 17.8 Å². The zero-order valence-electron chi connectivity index (χ0n) is 11.2. The molecule has 4 heteroatoms. The molecule has 0 heterocycles. The number of likely N-dealkylation sites (N-methyl/N-ethyl adjacent to an activating group) is 1. The van der Waals surface area contributed by atoms with E-state index in [4.69, 9.17) is 5.73 Å². The van der Waals surface area contributed by atoms with Crippen LogP contribution in [0.2, 0.25) is 0 Å². The normalized spacial score (nSPS) is 41.1. The summed E-state index contributed by atoms with van der Waals surface area (Å²) in [5.74, 6) is 2.74. The van der Waals surface area contributed by atoms with Gasteiger partial charge in [0, 0.05) is 12.6 Å². The van der Waals surface area contributed by atoms with E-state index in [1.165, 1.54) is 44.9 Å². The molecule has 3 fully saturated rings. The third-order valence-electron chi connectivity index (χ3n) is 5.92. The van der Waals surface area contributed by atoms with Crippen molar-refractivity contribution in [3.8, 4) is 0 Å². The van der Waals surface area contributed by atoms with Gasteiger partial charge in [0.25, 0.3) is 0 Å². The fraction of sp³-hybridized carbons (Fsp3) is 0.929. The topological polar surface area (TPSA) is 46.3 Å². The highest BCUT2D eigenvalue weighted by Crippen LogP contribution is 2.58. The van der Waals surface area contributed by atoms with Crippen LogP contribution in [-0.4, -0.2) is 29.9 Å². The van der Waals surface area contributed by atoms with Crippen molar-refractivity contribution >= 4 is 18.3 Å². The van der Waals surface area contributed by atoms with Gasteiger partial charge in [-0.1, -0.05) is 12.8 Å². The van der Waals surface area contributed by atoms with Gasteiger partial charge in [-0.25, -0.2) is 0 Å². The smallest absolute Gasteiger partial charge is 0.236 e. The summed E-state index contributed by atoms with van der Waals surface area (Å²) in [5, 5.41) is 0. The zero-order valence-corrected chi connectivity index (χ0v) is 12.0. The predicted molar refractivity (Wildman–Crippen MR) is 74.6 cm³/mol. The summed E-state index contributed by atoms with van der Waals surface area (Å²) in [6.07, 6.45) is 9.27. The minimum Gasteiger partial charge on any atom is -0.339 e. The number of nitrogens with zero attached hydrogens (tertiary/aromatic N) is 1. The van der Waals surface area contributed by atoms with E-state index in [0.29, 0.717) is 0 Å². The van der Waals surface area contributed by atoms with E-state index in [-0.39, 0.29) is 30.4 Å². The van der Waals surface area contributed by atoms with Crippen LogP contribution in [0.4, 0.5) is 0 Å². The van der Waals surface area contributed by atoms with Gasteiger partial charge in [-0.15, -0.1) is 12.4 Å². The fourth-order valence-electron chi connectivity index (χ4n) is 5.00. The van der Waals surface area contributed by atoms with Gasteiger partial charge in [-0.3, -0.25) is 4.79 Å². The minimum atomic E-state index is 0. The number of hydrogen-bond donors (Lipinski definition) is 1. The molecular weight excluding hydrogens is 248 g/mol. The number of nitrogens with two attached hydrogens (primary N) is 1. The van der Waals surface area contributed by atoms with Crippen molar-refractivity contribution < 1.29 is 4.79 Å². The Hall–Kier alpha value is -0.280. The molecule has 0 spiro atoms. The van der Waals surface area contributed by atoms with Crippen LogP contribution < -0.4 is 5.73 Å². The maximum Gasteiger partial charge on any atom is 0.236 e. The maximum absolute atomic E-state index is 12.0. The summed E-state index contributed by atoms with van der Waals surface area (Å²) < 4.78 is 0. The average Bonchev–Trinajstić information content (AvgIpc) is 2.83. The van der Waals surface area contributed by atoms with Gasteiger partial charge in [0.1, 0.15) is 0 Å². The number of rotatable bonds is 2. The summed E-state index contributed by atoms with van der Waals surface area (Å²) >= 11 is 0. The summed E-state index contributed by atoms with van der Waals surface area (Å²) in [7, 11) is 2.00. The van der Waals surface area contributed by atoms with Gasteiger partial charge in [-0.05, 0) is 49.9 Å². The number of fused-ring (bicyclic) bond motifs is 6. The lowest BCUT2D eigenvalue weighted by atomic mass is 9.61. The second-order valence-corrected chi connectivity index (χ2v) is 6.39. The largest absolute Gasteiger partial charge is 0.339 e. The molecule has 0 aromatic heterocycles. The van der Waals surface area contributed by atoms with E-state index in [0.717, 1.165) is 17.8 Å². The van der Waals surface area contributed by atoms with Crippen LogP contribution in [0.3, 0.4) is 0 Å². The fourth-order valence-corrected chi connectivity index (χ4v) is 5.00. The molecule has 3 rings (SSSR count). The monoisotopic (exact) mass is 272 g/mol. The van der Waals surface area contributed by atoms with Crippen LogP contribution in [0.15, 0.2) is 0 Å². The standard InChI is InChI=1S/C14H24N2O.ClH/c1-16(13(17)9-15)14-6-2-3-11(8-14)10-4-5-12(14)7-10;/h10-12H,2-9,15H2,1H3;1H. The number of carbonyl (C=O) groups excluding carboxylic acids is 1. The third-order valence-corrected chi connectivity index (χ3v) is 5.92. The number of carbonyl (C=O) groups is 1. The highest BCUT2D eigenvalue weighted by molar-refractivity contribution is 5.85. The second kappa shape index (κ2) is 5.01. The van der Waals surface area contributed by atoms with Crippen molar-refractivity contribution in [1.82, 2.24) is 4.90 Å². The predicted octanol–water partition coefficient (Wildman–Crippen LogP) is 2.18. The van der Waals surface area contributed by atoms with Crippen molar-refractivity contribution in [2.45, 2.75) is 50.5 Å². The van der Waals surface area contributed by atoms with Crippen LogP contribution in [0.5, 0.6) is 0 Å². The Morgan fingerprint density at radius 2 is 2.11 bits per heavy atom. The third kappa shape index (κ3) is 1.87. The molecule has 0 aliphatic heterocycles. The van der Waals surface area contributed by atoms with Gasteiger partial charge in [0.05, 0.1) is 6.54 Å². The molecule has 3 nitrogen and oxygen atoms in total. The lowest BCUT2D eigenvalue weighted by molar-refractivity contribution is -0.141. The molecule has 0 aromatic rings. The summed E-state index contributed by atoms with van der Waals surface area (Å²) in [6, 6.07) is 0. The van der Waals surface area contributed by atoms with E-state index in [9.17, 15) is 4.79 Å². The Balaban J connectivity index is 0.00000120. The molecule has 18 heavy (non-hydrogen) atoms. The molecule has 4 unspecified atom stereocenters. The minimum absolute atomic E-state index is 0. The summed E-state index contributed by atoms with van der Waals surface area (Å²) in [5.41, 5.74) is 5.72. The van der Waals surface area contributed by atoms with Crippen LogP contribution in [-0.2, 0) is 4.79 Å². The van der Waals surface area contributed by atoms with E-state index in [2.05, 4.69) is 0 Å².